The van der Waals surface area contributed by atoms with Crippen LogP contribution in [0.1, 0.15) is 162 Å². The zero-order chi connectivity index (χ0) is 23.2. The fourth-order valence-electron chi connectivity index (χ4n) is 4.23. The van der Waals surface area contributed by atoms with Gasteiger partial charge in [-0.3, -0.25) is 0 Å². The highest BCUT2D eigenvalue weighted by molar-refractivity contribution is 4.63. The second-order valence-electron chi connectivity index (χ2n) is 9.81. The van der Waals surface area contributed by atoms with E-state index in [1.165, 1.54) is 135 Å². The van der Waals surface area contributed by atoms with E-state index in [1.807, 2.05) is 0 Å². The van der Waals surface area contributed by atoms with Crippen molar-refractivity contribution in [3.8, 4) is 0 Å². The smallest absolute Gasteiger partial charge is 0.0468 e. The average molecular weight is 454 g/mol. The molecule has 1 radical (unpaired) electrons. The minimum atomic E-state index is 0.900. The predicted molar refractivity (Wildman–Crippen MR) is 143 cm³/mol. The van der Waals surface area contributed by atoms with Gasteiger partial charge in [-0.15, -0.1) is 0 Å². The molecule has 0 atom stereocenters. The van der Waals surface area contributed by atoms with Crippen molar-refractivity contribution in [3.05, 3.63) is 6.42 Å². The number of ether oxygens (including phenoxy) is 2. The van der Waals surface area contributed by atoms with Gasteiger partial charge in [-0.05, 0) is 38.5 Å². The van der Waals surface area contributed by atoms with E-state index in [0.717, 1.165) is 39.3 Å². The van der Waals surface area contributed by atoms with E-state index in [9.17, 15) is 0 Å². The van der Waals surface area contributed by atoms with Crippen LogP contribution in [-0.4, -0.2) is 26.4 Å². The molecule has 0 rings (SSSR count). The standard InChI is InChI=1S/C30H61O2/c1-3-5-7-9-11-13-15-17-19-23-27-31-29-25-21-22-26-30-32-28-24-20-18-16-14-12-10-8-6-4-2/h21H,3-20,22-30H2,1-2H3. The van der Waals surface area contributed by atoms with Gasteiger partial charge in [0.25, 0.3) is 0 Å². The average Bonchev–Trinajstić information content (AvgIpc) is 2.81. The minimum absolute atomic E-state index is 0.900. The maximum Gasteiger partial charge on any atom is 0.0468 e. The molecule has 0 fully saturated rings. The summed E-state index contributed by atoms with van der Waals surface area (Å²) in [6, 6.07) is 0. The summed E-state index contributed by atoms with van der Waals surface area (Å²) in [4.78, 5) is 0. The minimum Gasteiger partial charge on any atom is -0.381 e. The van der Waals surface area contributed by atoms with Gasteiger partial charge in [0.05, 0.1) is 0 Å². The van der Waals surface area contributed by atoms with Crippen molar-refractivity contribution < 1.29 is 9.47 Å². The number of hydrogen-bond donors (Lipinski definition) is 0. The molecule has 0 saturated heterocycles. The van der Waals surface area contributed by atoms with E-state index in [4.69, 9.17) is 9.47 Å². The van der Waals surface area contributed by atoms with Gasteiger partial charge in [0.2, 0.25) is 0 Å². The van der Waals surface area contributed by atoms with Crippen LogP contribution in [0, 0.1) is 6.42 Å². The van der Waals surface area contributed by atoms with Crippen molar-refractivity contribution >= 4 is 0 Å². The van der Waals surface area contributed by atoms with Crippen LogP contribution in [0.15, 0.2) is 0 Å². The van der Waals surface area contributed by atoms with Crippen molar-refractivity contribution in [3.63, 3.8) is 0 Å². The fraction of sp³-hybridized carbons (Fsp3) is 0.967. The molecule has 0 aliphatic heterocycles. The van der Waals surface area contributed by atoms with Gasteiger partial charge in [-0.2, -0.15) is 0 Å². The third kappa shape index (κ3) is 29.9. The maximum atomic E-state index is 5.78. The number of rotatable bonds is 29. The molecule has 0 amide bonds. The van der Waals surface area contributed by atoms with Crippen LogP contribution in [-0.2, 0) is 9.47 Å². The second kappa shape index (κ2) is 30.9. The molecule has 0 aromatic heterocycles. The third-order valence-electron chi connectivity index (χ3n) is 6.45. The Morgan fingerprint density at radius 3 is 1.12 bits per heavy atom. The molecule has 0 bridgehead atoms. The zero-order valence-corrected chi connectivity index (χ0v) is 22.5. The molecule has 0 aromatic carbocycles. The Labute approximate surface area is 204 Å². The Bertz CT molecular complexity index is 275. The lowest BCUT2D eigenvalue weighted by molar-refractivity contribution is 0.123. The SMILES string of the molecule is CCCCCCCCCCCCOCC[CH]CCCOCCCCCCCCCCCC. The Morgan fingerprint density at radius 1 is 0.344 bits per heavy atom. The summed E-state index contributed by atoms with van der Waals surface area (Å²) in [5, 5.41) is 0. The Hall–Kier alpha value is -0.0800. The summed E-state index contributed by atoms with van der Waals surface area (Å²) in [5.41, 5.74) is 0. The van der Waals surface area contributed by atoms with E-state index < -0.39 is 0 Å². The van der Waals surface area contributed by atoms with Crippen molar-refractivity contribution in [2.75, 3.05) is 26.4 Å². The predicted octanol–water partition coefficient (Wildman–Crippen LogP) is 10.2. The molecule has 0 aliphatic carbocycles. The van der Waals surface area contributed by atoms with E-state index in [-0.39, 0.29) is 0 Å². The van der Waals surface area contributed by atoms with Crippen LogP contribution < -0.4 is 0 Å². The maximum absolute atomic E-state index is 5.78. The van der Waals surface area contributed by atoms with Crippen molar-refractivity contribution in [2.24, 2.45) is 0 Å². The Morgan fingerprint density at radius 2 is 0.688 bits per heavy atom. The van der Waals surface area contributed by atoms with Crippen LogP contribution in [0.3, 0.4) is 0 Å². The van der Waals surface area contributed by atoms with Crippen LogP contribution in [0.25, 0.3) is 0 Å². The summed E-state index contributed by atoms with van der Waals surface area (Å²) in [7, 11) is 0. The van der Waals surface area contributed by atoms with Crippen molar-refractivity contribution in [1.29, 1.82) is 0 Å². The van der Waals surface area contributed by atoms with E-state index >= 15 is 0 Å². The first-order chi connectivity index (χ1) is 15.9. The van der Waals surface area contributed by atoms with Gasteiger partial charge in [-0.25, -0.2) is 0 Å². The van der Waals surface area contributed by atoms with E-state index in [2.05, 4.69) is 20.3 Å². The highest BCUT2D eigenvalue weighted by Gasteiger charge is 1.96. The first-order valence-corrected chi connectivity index (χ1v) is 14.9. The highest BCUT2D eigenvalue weighted by Crippen LogP contribution is 2.11. The molecular weight excluding hydrogens is 392 g/mol. The topological polar surface area (TPSA) is 18.5 Å². The molecule has 0 N–H and O–H groups in total. The van der Waals surface area contributed by atoms with E-state index in [1.54, 1.807) is 0 Å². The molecular formula is C30H61O2. The molecule has 193 valence electrons. The summed E-state index contributed by atoms with van der Waals surface area (Å²) in [6.07, 6.45) is 33.6. The van der Waals surface area contributed by atoms with Gasteiger partial charge in [0, 0.05) is 26.4 Å². The van der Waals surface area contributed by atoms with Crippen molar-refractivity contribution in [2.45, 2.75) is 162 Å². The lowest BCUT2D eigenvalue weighted by atomic mass is 10.1. The first-order valence-electron chi connectivity index (χ1n) is 14.9. The van der Waals surface area contributed by atoms with Gasteiger partial charge >= 0.3 is 0 Å². The summed E-state index contributed by atoms with van der Waals surface area (Å²) >= 11 is 0. The second-order valence-corrected chi connectivity index (χ2v) is 9.81. The van der Waals surface area contributed by atoms with Crippen LogP contribution in [0.2, 0.25) is 0 Å². The molecule has 32 heavy (non-hydrogen) atoms. The zero-order valence-electron chi connectivity index (χ0n) is 22.5. The molecule has 0 spiro atoms. The summed E-state index contributed by atoms with van der Waals surface area (Å²) < 4.78 is 11.5. The Balaban J connectivity index is 2.98. The first kappa shape index (κ1) is 31.9. The highest BCUT2D eigenvalue weighted by atomic mass is 16.5. The van der Waals surface area contributed by atoms with Gasteiger partial charge in [0.15, 0.2) is 0 Å². The molecule has 2 nitrogen and oxygen atoms in total. The van der Waals surface area contributed by atoms with Crippen LogP contribution >= 0.6 is 0 Å². The Kier molecular flexibility index (Phi) is 30.8. The lowest BCUT2D eigenvalue weighted by Gasteiger charge is -2.06. The molecule has 0 unspecified atom stereocenters. The summed E-state index contributed by atoms with van der Waals surface area (Å²) in [5.74, 6) is 0. The van der Waals surface area contributed by atoms with Crippen LogP contribution in [0.4, 0.5) is 0 Å². The normalized spacial score (nSPS) is 11.4. The lowest BCUT2D eigenvalue weighted by Crippen LogP contribution is -1.99. The number of unbranched alkanes of at least 4 members (excludes halogenated alkanes) is 21. The summed E-state index contributed by atoms with van der Waals surface area (Å²) in [6.45, 7) is 8.31. The number of hydrogen-bond acceptors (Lipinski definition) is 2. The van der Waals surface area contributed by atoms with E-state index in [0.29, 0.717) is 0 Å². The van der Waals surface area contributed by atoms with Gasteiger partial charge in [-0.1, -0.05) is 129 Å². The van der Waals surface area contributed by atoms with Gasteiger partial charge < -0.3 is 9.47 Å². The molecule has 0 saturated carbocycles. The third-order valence-corrected chi connectivity index (χ3v) is 6.45. The molecule has 0 heterocycles. The fourth-order valence-corrected chi connectivity index (χ4v) is 4.23. The van der Waals surface area contributed by atoms with Crippen LogP contribution in [0.5, 0.6) is 0 Å². The molecule has 2 heteroatoms. The van der Waals surface area contributed by atoms with Gasteiger partial charge in [0.1, 0.15) is 0 Å². The monoisotopic (exact) mass is 453 g/mol. The largest absolute Gasteiger partial charge is 0.381 e. The van der Waals surface area contributed by atoms with Crippen molar-refractivity contribution in [1.82, 2.24) is 0 Å². The quantitative estimate of drug-likeness (QED) is 0.105. The molecule has 0 aliphatic rings. The molecule has 0 aromatic rings.